The minimum Gasteiger partial charge on any atom is -0.480 e. The van der Waals surface area contributed by atoms with E-state index in [9.17, 15) is 18.4 Å². The maximum atomic E-state index is 13.8. The number of carbonyl (C=O) groups is 2. The Bertz CT molecular complexity index is 529. The zero-order valence-electron chi connectivity index (χ0n) is 11.6. The molecule has 116 valence electrons. The van der Waals surface area contributed by atoms with Gasteiger partial charge in [0.15, 0.2) is 0 Å². The molecule has 0 saturated carbocycles. The van der Waals surface area contributed by atoms with Gasteiger partial charge in [0, 0.05) is 17.6 Å². The summed E-state index contributed by atoms with van der Waals surface area (Å²) in [5.41, 5.74) is -0.752. The van der Waals surface area contributed by atoms with E-state index in [1.54, 1.807) is 19.0 Å². The van der Waals surface area contributed by atoms with Crippen molar-refractivity contribution in [2.24, 2.45) is 0 Å². The highest BCUT2D eigenvalue weighted by Gasteiger charge is 2.25. The monoisotopic (exact) mass is 364 g/mol. The number of hydrogen-bond acceptors (Lipinski definition) is 3. The summed E-state index contributed by atoms with van der Waals surface area (Å²) in [4.78, 5) is 25.6. The molecule has 0 unspecified atom stereocenters. The number of carboxylic acids is 1. The molecule has 1 aromatic rings. The van der Waals surface area contributed by atoms with Gasteiger partial charge in [0.25, 0.3) is 5.91 Å². The van der Waals surface area contributed by atoms with Crippen molar-refractivity contribution in [2.75, 3.05) is 33.7 Å². The third-order valence-corrected chi connectivity index (χ3v) is 3.11. The van der Waals surface area contributed by atoms with Gasteiger partial charge in [-0.25, -0.2) is 8.78 Å². The summed E-state index contributed by atoms with van der Waals surface area (Å²) in [6, 6.07) is 1.92. The second-order valence-corrected chi connectivity index (χ2v) is 5.58. The first-order valence-electron chi connectivity index (χ1n) is 6.02. The van der Waals surface area contributed by atoms with E-state index in [0.29, 0.717) is 6.54 Å². The molecule has 0 radical (unpaired) electrons. The minimum absolute atomic E-state index is 0.0487. The quantitative estimate of drug-likeness (QED) is 0.836. The number of hydrogen-bond donors (Lipinski definition) is 1. The summed E-state index contributed by atoms with van der Waals surface area (Å²) in [5, 5.41) is 8.83. The number of halogens is 3. The standard InChI is InChI=1S/C13H15BrF2N2O3/c1-17(2)3-4-18(7-11(19)20)13(21)12-9(15)5-8(14)6-10(12)16/h5-6H,3-4,7H2,1-2H3,(H,19,20). The van der Waals surface area contributed by atoms with E-state index in [2.05, 4.69) is 15.9 Å². The van der Waals surface area contributed by atoms with Crippen molar-refractivity contribution in [3.8, 4) is 0 Å². The number of nitrogens with zero attached hydrogens (tertiary/aromatic N) is 2. The van der Waals surface area contributed by atoms with Gasteiger partial charge < -0.3 is 14.9 Å². The van der Waals surface area contributed by atoms with Crippen molar-refractivity contribution in [3.63, 3.8) is 0 Å². The Hall–Kier alpha value is -1.54. The minimum atomic E-state index is -1.25. The molecule has 1 aromatic carbocycles. The molecule has 0 atom stereocenters. The van der Waals surface area contributed by atoms with Crippen LogP contribution in [0.3, 0.4) is 0 Å². The van der Waals surface area contributed by atoms with E-state index in [1.807, 2.05) is 0 Å². The van der Waals surface area contributed by atoms with E-state index in [1.165, 1.54) is 0 Å². The van der Waals surface area contributed by atoms with Crippen LogP contribution in [0.4, 0.5) is 8.78 Å². The van der Waals surface area contributed by atoms with Crippen LogP contribution in [0.15, 0.2) is 16.6 Å². The highest BCUT2D eigenvalue weighted by Crippen LogP contribution is 2.20. The molecule has 0 fully saturated rings. The van der Waals surface area contributed by atoms with Crippen LogP contribution in [0, 0.1) is 11.6 Å². The maximum absolute atomic E-state index is 13.8. The topological polar surface area (TPSA) is 60.9 Å². The van der Waals surface area contributed by atoms with Crippen molar-refractivity contribution >= 4 is 27.8 Å². The van der Waals surface area contributed by atoms with Gasteiger partial charge in [-0.15, -0.1) is 0 Å². The molecule has 0 aliphatic heterocycles. The summed E-state index contributed by atoms with van der Waals surface area (Å²) in [7, 11) is 3.48. The Morgan fingerprint density at radius 2 is 1.71 bits per heavy atom. The number of likely N-dealkylation sites (N-methyl/N-ethyl adjacent to an activating group) is 1. The lowest BCUT2D eigenvalue weighted by Crippen LogP contribution is -2.40. The van der Waals surface area contributed by atoms with Gasteiger partial charge >= 0.3 is 5.97 Å². The van der Waals surface area contributed by atoms with E-state index in [-0.39, 0.29) is 11.0 Å². The van der Waals surface area contributed by atoms with Crippen LogP contribution in [0.2, 0.25) is 0 Å². The highest BCUT2D eigenvalue weighted by atomic mass is 79.9. The van der Waals surface area contributed by atoms with E-state index in [0.717, 1.165) is 17.0 Å². The molecule has 0 heterocycles. The second-order valence-electron chi connectivity index (χ2n) is 4.67. The van der Waals surface area contributed by atoms with Gasteiger partial charge in [0.05, 0.1) is 0 Å². The van der Waals surface area contributed by atoms with Crippen LogP contribution >= 0.6 is 15.9 Å². The molecule has 0 spiro atoms. The highest BCUT2D eigenvalue weighted by molar-refractivity contribution is 9.10. The van der Waals surface area contributed by atoms with Crippen LogP contribution in [0.1, 0.15) is 10.4 Å². The Balaban J connectivity index is 3.07. The van der Waals surface area contributed by atoms with Crippen molar-refractivity contribution in [2.45, 2.75) is 0 Å². The molecular weight excluding hydrogens is 350 g/mol. The molecule has 0 aliphatic carbocycles. The van der Waals surface area contributed by atoms with Gasteiger partial charge in [0.1, 0.15) is 23.7 Å². The zero-order valence-corrected chi connectivity index (χ0v) is 13.2. The van der Waals surface area contributed by atoms with Crippen LogP contribution in [-0.2, 0) is 4.79 Å². The van der Waals surface area contributed by atoms with Crippen molar-refractivity contribution in [3.05, 3.63) is 33.8 Å². The predicted molar refractivity (Wildman–Crippen MR) is 76.2 cm³/mol. The number of rotatable bonds is 6. The summed E-state index contributed by atoms with van der Waals surface area (Å²) < 4.78 is 27.7. The fourth-order valence-corrected chi connectivity index (χ4v) is 2.04. The molecule has 0 saturated heterocycles. The summed E-state index contributed by atoms with van der Waals surface area (Å²) >= 11 is 2.92. The lowest BCUT2D eigenvalue weighted by Gasteiger charge is -2.23. The van der Waals surface area contributed by atoms with E-state index in [4.69, 9.17) is 5.11 Å². The number of aliphatic carboxylic acids is 1. The maximum Gasteiger partial charge on any atom is 0.323 e. The summed E-state index contributed by atoms with van der Waals surface area (Å²) in [5.74, 6) is -4.30. The predicted octanol–water partition coefficient (Wildman–Crippen LogP) is 1.82. The Morgan fingerprint density at radius 3 is 2.14 bits per heavy atom. The largest absolute Gasteiger partial charge is 0.480 e. The van der Waals surface area contributed by atoms with Crippen LogP contribution in [0.5, 0.6) is 0 Å². The third-order valence-electron chi connectivity index (χ3n) is 2.65. The van der Waals surface area contributed by atoms with Crippen molar-refractivity contribution in [1.29, 1.82) is 0 Å². The number of benzene rings is 1. The third kappa shape index (κ3) is 5.05. The lowest BCUT2D eigenvalue weighted by molar-refractivity contribution is -0.137. The smallest absolute Gasteiger partial charge is 0.323 e. The average Bonchev–Trinajstić information content (AvgIpc) is 2.32. The fraction of sp³-hybridized carbons (Fsp3) is 0.385. The SMILES string of the molecule is CN(C)CCN(CC(=O)O)C(=O)c1c(F)cc(Br)cc1F. The molecule has 1 N–H and O–H groups in total. The van der Waals surface area contributed by atoms with Crippen molar-refractivity contribution < 1.29 is 23.5 Å². The molecule has 0 bridgehead atoms. The summed E-state index contributed by atoms with van der Waals surface area (Å²) in [6.07, 6.45) is 0. The van der Waals surface area contributed by atoms with Crippen LogP contribution in [-0.4, -0.2) is 60.5 Å². The van der Waals surface area contributed by atoms with Gasteiger partial charge in [-0.3, -0.25) is 9.59 Å². The molecule has 1 rings (SSSR count). The first-order valence-corrected chi connectivity index (χ1v) is 6.82. The Morgan fingerprint density at radius 1 is 1.19 bits per heavy atom. The second kappa shape index (κ2) is 7.46. The van der Waals surface area contributed by atoms with Crippen LogP contribution in [0.25, 0.3) is 0 Å². The van der Waals surface area contributed by atoms with Crippen molar-refractivity contribution in [1.82, 2.24) is 9.80 Å². The number of amides is 1. The van der Waals surface area contributed by atoms with Gasteiger partial charge in [0.2, 0.25) is 0 Å². The number of carbonyl (C=O) groups excluding carboxylic acids is 1. The van der Waals surface area contributed by atoms with E-state index >= 15 is 0 Å². The first kappa shape index (κ1) is 17.5. The average molecular weight is 365 g/mol. The van der Waals surface area contributed by atoms with Gasteiger partial charge in [-0.1, -0.05) is 15.9 Å². The van der Waals surface area contributed by atoms with E-state index < -0.39 is 35.6 Å². The fourth-order valence-electron chi connectivity index (χ4n) is 1.64. The van der Waals surface area contributed by atoms with Gasteiger partial charge in [-0.2, -0.15) is 0 Å². The lowest BCUT2D eigenvalue weighted by atomic mass is 10.1. The Labute approximate surface area is 129 Å². The zero-order chi connectivity index (χ0) is 16.2. The summed E-state index contributed by atoms with van der Waals surface area (Å²) in [6.45, 7) is -0.201. The number of carboxylic acid groups (broad SMARTS) is 1. The van der Waals surface area contributed by atoms with Gasteiger partial charge in [-0.05, 0) is 26.2 Å². The Kier molecular flexibility index (Phi) is 6.22. The molecule has 8 heteroatoms. The normalized spacial score (nSPS) is 10.8. The molecule has 1 amide bonds. The molecule has 0 aliphatic rings. The molecular formula is C13H15BrF2N2O3. The molecule has 0 aromatic heterocycles. The molecule has 21 heavy (non-hydrogen) atoms. The van der Waals surface area contributed by atoms with Crippen LogP contribution < -0.4 is 0 Å². The molecule has 5 nitrogen and oxygen atoms in total. The first-order chi connectivity index (χ1) is 9.72.